The summed E-state index contributed by atoms with van der Waals surface area (Å²) in [5, 5.41) is 7.72. The molecule has 6 heteroatoms. The van der Waals surface area contributed by atoms with E-state index in [0.29, 0.717) is 6.54 Å². The molecule has 2 rings (SSSR count). The van der Waals surface area contributed by atoms with Gasteiger partial charge in [-0.2, -0.15) is 0 Å². The molecule has 0 aliphatic heterocycles. The maximum absolute atomic E-state index is 5.33. The highest BCUT2D eigenvalue weighted by Crippen LogP contribution is 2.16. The van der Waals surface area contributed by atoms with Crippen molar-refractivity contribution in [2.24, 2.45) is 4.99 Å². The average molecular weight is 320 g/mol. The molecule has 120 valence electrons. The van der Waals surface area contributed by atoms with Gasteiger partial charge in [0.15, 0.2) is 5.96 Å². The van der Waals surface area contributed by atoms with E-state index in [-0.39, 0.29) is 0 Å². The van der Waals surface area contributed by atoms with E-state index in [1.165, 1.54) is 4.88 Å². The molecule has 0 aromatic carbocycles. The van der Waals surface area contributed by atoms with Crippen LogP contribution in [0, 0.1) is 13.8 Å². The second kappa shape index (κ2) is 8.58. The fraction of sp³-hybridized carbons (Fsp3) is 0.500. The SMILES string of the molecule is CCCNC(=NCc1nc(C)c(C)s1)NCCc1ccco1. The van der Waals surface area contributed by atoms with E-state index in [2.05, 4.69) is 34.5 Å². The van der Waals surface area contributed by atoms with E-state index in [4.69, 9.17) is 4.42 Å². The van der Waals surface area contributed by atoms with Crippen molar-refractivity contribution in [3.05, 3.63) is 39.7 Å². The number of aromatic nitrogens is 1. The molecular formula is C16H24N4OS. The Kier molecular flexibility index (Phi) is 6.45. The van der Waals surface area contributed by atoms with Gasteiger partial charge in [-0.15, -0.1) is 11.3 Å². The first kappa shape index (κ1) is 16.5. The first-order valence-electron chi connectivity index (χ1n) is 7.66. The Morgan fingerprint density at radius 1 is 1.32 bits per heavy atom. The molecule has 2 heterocycles. The molecule has 0 spiro atoms. The minimum Gasteiger partial charge on any atom is -0.469 e. The van der Waals surface area contributed by atoms with E-state index in [1.54, 1.807) is 17.6 Å². The second-order valence-corrected chi connectivity index (χ2v) is 6.38. The van der Waals surface area contributed by atoms with E-state index in [1.807, 2.05) is 19.1 Å². The standard InChI is InChI=1S/C16H24N4OS/c1-4-8-17-16(18-9-7-14-6-5-10-21-14)19-11-15-20-12(2)13(3)22-15/h5-6,10H,4,7-9,11H2,1-3H3,(H2,17,18,19). The minimum atomic E-state index is 0.610. The zero-order valence-electron chi connectivity index (χ0n) is 13.5. The molecule has 0 amide bonds. The van der Waals surface area contributed by atoms with E-state index in [9.17, 15) is 0 Å². The number of furan rings is 1. The molecule has 0 fully saturated rings. The summed E-state index contributed by atoms with van der Waals surface area (Å²) in [6.07, 6.45) is 3.61. The van der Waals surface area contributed by atoms with Crippen LogP contribution in [0.1, 0.15) is 34.7 Å². The predicted octanol–water partition coefficient (Wildman–Crippen LogP) is 3.04. The van der Waals surface area contributed by atoms with Gasteiger partial charge >= 0.3 is 0 Å². The van der Waals surface area contributed by atoms with Gasteiger partial charge in [-0.25, -0.2) is 9.98 Å². The van der Waals surface area contributed by atoms with Gasteiger partial charge in [0.05, 0.1) is 18.5 Å². The minimum absolute atomic E-state index is 0.610. The van der Waals surface area contributed by atoms with Crippen LogP contribution in [0.25, 0.3) is 0 Å². The van der Waals surface area contributed by atoms with Crippen molar-refractivity contribution in [2.75, 3.05) is 13.1 Å². The average Bonchev–Trinajstić information content (AvgIpc) is 3.12. The molecule has 2 aromatic heterocycles. The maximum atomic E-state index is 5.33. The van der Waals surface area contributed by atoms with Gasteiger partial charge in [0.2, 0.25) is 0 Å². The Bertz CT molecular complexity index is 570. The molecular weight excluding hydrogens is 296 g/mol. The molecule has 0 saturated heterocycles. The third kappa shape index (κ3) is 5.18. The van der Waals surface area contributed by atoms with Crippen molar-refractivity contribution in [1.29, 1.82) is 0 Å². The fourth-order valence-corrected chi connectivity index (χ4v) is 2.79. The van der Waals surface area contributed by atoms with Crippen molar-refractivity contribution in [3.8, 4) is 0 Å². The lowest BCUT2D eigenvalue weighted by atomic mass is 10.3. The third-order valence-electron chi connectivity index (χ3n) is 3.23. The topological polar surface area (TPSA) is 62.5 Å². The van der Waals surface area contributed by atoms with Crippen LogP contribution in [-0.4, -0.2) is 24.0 Å². The summed E-state index contributed by atoms with van der Waals surface area (Å²) in [6.45, 7) is 8.58. The van der Waals surface area contributed by atoms with E-state index >= 15 is 0 Å². The van der Waals surface area contributed by atoms with Crippen LogP contribution < -0.4 is 10.6 Å². The number of aliphatic imine (C=N–C) groups is 1. The monoisotopic (exact) mass is 320 g/mol. The number of nitrogens with zero attached hydrogens (tertiary/aromatic N) is 2. The number of aryl methyl sites for hydroxylation is 2. The van der Waals surface area contributed by atoms with Crippen LogP contribution in [0.3, 0.4) is 0 Å². The molecule has 0 aliphatic rings. The maximum Gasteiger partial charge on any atom is 0.191 e. The summed E-state index contributed by atoms with van der Waals surface area (Å²) < 4.78 is 5.33. The van der Waals surface area contributed by atoms with Gasteiger partial charge in [0.25, 0.3) is 0 Å². The summed E-state index contributed by atoms with van der Waals surface area (Å²) in [7, 11) is 0. The molecule has 2 aromatic rings. The van der Waals surface area contributed by atoms with Crippen LogP contribution in [0.4, 0.5) is 0 Å². The van der Waals surface area contributed by atoms with E-state index < -0.39 is 0 Å². The summed E-state index contributed by atoms with van der Waals surface area (Å²) in [4.78, 5) is 10.4. The van der Waals surface area contributed by atoms with Crippen molar-refractivity contribution in [1.82, 2.24) is 15.6 Å². The van der Waals surface area contributed by atoms with Gasteiger partial charge in [0.1, 0.15) is 10.8 Å². The number of hydrogen-bond donors (Lipinski definition) is 2. The summed E-state index contributed by atoms with van der Waals surface area (Å²) in [5.74, 6) is 1.81. The zero-order chi connectivity index (χ0) is 15.8. The zero-order valence-corrected chi connectivity index (χ0v) is 14.3. The van der Waals surface area contributed by atoms with Crippen molar-refractivity contribution >= 4 is 17.3 Å². The lowest BCUT2D eigenvalue weighted by Crippen LogP contribution is -2.38. The van der Waals surface area contributed by atoms with Crippen LogP contribution in [0.2, 0.25) is 0 Å². The largest absolute Gasteiger partial charge is 0.469 e. The summed E-state index contributed by atoms with van der Waals surface area (Å²) in [6, 6.07) is 3.89. The van der Waals surface area contributed by atoms with Gasteiger partial charge in [0, 0.05) is 24.4 Å². The van der Waals surface area contributed by atoms with Crippen molar-refractivity contribution in [3.63, 3.8) is 0 Å². The number of thiazole rings is 1. The summed E-state index contributed by atoms with van der Waals surface area (Å²) >= 11 is 1.71. The van der Waals surface area contributed by atoms with Gasteiger partial charge in [-0.1, -0.05) is 6.92 Å². The normalized spacial score (nSPS) is 11.7. The lowest BCUT2D eigenvalue weighted by molar-refractivity contribution is 0.506. The fourth-order valence-electron chi connectivity index (χ4n) is 1.93. The van der Waals surface area contributed by atoms with Gasteiger partial charge in [-0.3, -0.25) is 0 Å². The molecule has 2 N–H and O–H groups in total. The molecule has 0 unspecified atom stereocenters. The predicted molar refractivity (Wildman–Crippen MR) is 91.4 cm³/mol. The lowest BCUT2D eigenvalue weighted by Gasteiger charge is -2.11. The molecule has 0 atom stereocenters. The van der Waals surface area contributed by atoms with Crippen molar-refractivity contribution < 1.29 is 4.42 Å². The Morgan fingerprint density at radius 3 is 2.77 bits per heavy atom. The smallest absolute Gasteiger partial charge is 0.191 e. The number of hydrogen-bond acceptors (Lipinski definition) is 4. The molecule has 0 saturated carbocycles. The second-order valence-electron chi connectivity index (χ2n) is 5.10. The Hall–Kier alpha value is -1.82. The highest BCUT2D eigenvalue weighted by atomic mass is 32.1. The third-order valence-corrected chi connectivity index (χ3v) is 4.29. The Morgan fingerprint density at radius 2 is 2.14 bits per heavy atom. The first-order valence-corrected chi connectivity index (χ1v) is 8.48. The van der Waals surface area contributed by atoms with Gasteiger partial charge < -0.3 is 15.1 Å². The first-order chi connectivity index (χ1) is 10.7. The van der Waals surface area contributed by atoms with E-state index in [0.717, 1.165) is 48.4 Å². The van der Waals surface area contributed by atoms with Crippen LogP contribution >= 0.6 is 11.3 Å². The molecule has 0 radical (unpaired) electrons. The number of guanidine groups is 1. The van der Waals surface area contributed by atoms with Crippen LogP contribution in [0.15, 0.2) is 27.8 Å². The van der Waals surface area contributed by atoms with Crippen LogP contribution in [-0.2, 0) is 13.0 Å². The highest BCUT2D eigenvalue weighted by Gasteiger charge is 2.04. The van der Waals surface area contributed by atoms with Gasteiger partial charge in [-0.05, 0) is 32.4 Å². The number of rotatable bonds is 7. The van der Waals surface area contributed by atoms with Crippen LogP contribution in [0.5, 0.6) is 0 Å². The number of nitrogens with one attached hydrogen (secondary N) is 2. The molecule has 22 heavy (non-hydrogen) atoms. The molecule has 5 nitrogen and oxygen atoms in total. The Labute approximate surface area is 135 Å². The quantitative estimate of drug-likeness (QED) is 0.608. The Balaban J connectivity index is 1.87. The van der Waals surface area contributed by atoms with Crippen molar-refractivity contribution in [2.45, 2.75) is 40.2 Å². The summed E-state index contributed by atoms with van der Waals surface area (Å²) in [5.41, 5.74) is 1.10. The molecule has 0 bridgehead atoms. The molecule has 0 aliphatic carbocycles. The highest BCUT2D eigenvalue weighted by molar-refractivity contribution is 7.11.